The highest BCUT2D eigenvalue weighted by atomic mass is 79.9. The molecule has 2 aromatic rings. The van der Waals surface area contributed by atoms with Gasteiger partial charge < -0.3 is 14.8 Å². The Labute approximate surface area is 107 Å². The number of nitrogens with one attached hydrogen (secondary N) is 1. The summed E-state index contributed by atoms with van der Waals surface area (Å²) in [7, 11) is 0. The zero-order valence-corrected chi connectivity index (χ0v) is 10.4. The topological polar surface area (TPSA) is 43.4 Å². The molecule has 17 heavy (non-hydrogen) atoms. The monoisotopic (exact) mass is 292 g/mol. The molecule has 0 spiro atoms. The number of halogens is 1. The van der Waals surface area contributed by atoms with E-state index in [0.29, 0.717) is 0 Å². The molecule has 1 aromatic carbocycles. The van der Waals surface area contributed by atoms with Gasteiger partial charge in [0.2, 0.25) is 6.79 Å². The highest BCUT2D eigenvalue weighted by molar-refractivity contribution is 9.10. The Morgan fingerprint density at radius 2 is 2.00 bits per heavy atom. The Balaban J connectivity index is 1.86. The lowest BCUT2D eigenvalue weighted by atomic mass is 10.3. The molecule has 0 saturated carbocycles. The van der Waals surface area contributed by atoms with Crippen molar-refractivity contribution in [1.29, 1.82) is 0 Å². The van der Waals surface area contributed by atoms with Gasteiger partial charge in [0.25, 0.3) is 0 Å². The first-order valence-corrected chi connectivity index (χ1v) is 5.90. The molecule has 0 aliphatic carbocycles. The summed E-state index contributed by atoms with van der Waals surface area (Å²) in [4.78, 5) is 4.30. The molecule has 1 aromatic heterocycles. The van der Waals surface area contributed by atoms with E-state index in [2.05, 4.69) is 26.2 Å². The summed E-state index contributed by atoms with van der Waals surface area (Å²) in [5, 5.41) is 3.20. The van der Waals surface area contributed by atoms with Crippen LogP contribution in [0.3, 0.4) is 0 Å². The van der Waals surface area contributed by atoms with Gasteiger partial charge in [0.1, 0.15) is 10.4 Å². The van der Waals surface area contributed by atoms with E-state index in [1.807, 2.05) is 36.4 Å². The molecule has 0 radical (unpaired) electrons. The number of anilines is 2. The van der Waals surface area contributed by atoms with Gasteiger partial charge in [-0.2, -0.15) is 0 Å². The van der Waals surface area contributed by atoms with Gasteiger partial charge in [-0.05, 0) is 40.2 Å². The number of hydrogen-bond acceptors (Lipinski definition) is 4. The quantitative estimate of drug-likeness (QED) is 0.863. The Morgan fingerprint density at radius 1 is 1.12 bits per heavy atom. The van der Waals surface area contributed by atoms with Crippen molar-refractivity contribution in [2.24, 2.45) is 0 Å². The van der Waals surface area contributed by atoms with Gasteiger partial charge in [0.05, 0.1) is 0 Å². The van der Waals surface area contributed by atoms with Crippen molar-refractivity contribution >= 4 is 27.4 Å². The molecule has 0 unspecified atom stereocenters. The van der Waals surface area contributed by atoms with Crippen LogP contribution in [0.4, 0.5) is 11.5 Å². The van der Waals surface area contributed by atoms with Crippen LogP contribution < -0.4 is 14.8 Å². The summed E-state index contributed by atoms with van der Waals surface area (Å²) in [6.07, 6.45) is 0. The highest BCUT2D eigenvalue weighted by Crippen LogP contribution is 2.34. The van der Waals surface area contributed by atoms with Gasteiger partial charge in [-0.15, -0.1) is 0 Å². The number of pyridine rings is 1. The lowest BCUT2D eigenvalue weighted by molar-refractivity contribution is 0.174. The van der Waals surface area contributed by atoms with Gasteiger partial charge in [0, 0.05) is 11.8 Å². The predicted octanol–water partition coefficient (Wildman–Crippen LogP) is 3.32. The first-order valence-electron chi connectivity index (χ1n) is 5.10. The van der Waals surface area contributed by atoms with Crippen LogP contribution in [0, 0.1) is 0 Å². The third-order valence-corrected chi connectivity index (χ3v) is 2.80. The van der Waals surface area contributed by atoms with E-state index in [9.17, 15) is 0 Å². The summed E-state index contributed by atoms with van der Waals surface area (Å²) in [5.41, 5.74) is 0.917. The van der Waals surface area contributed by atoms with E-state index in [0.717, 1.165) is 27.6 Å². The fourth-order valence-corrected chi connectivity index (χ4v) is 1.94. The maximum absolute atomic E-state index is 5.31. The Hall–Kier alpha value is -1.75. The Morgan fingerprint density at radius 3 is 2.88 bits per heavy atom. The molecule has 3 rings (SSSR count). The lowest BCUT2D eigenvalue weighted by Gasteiger charge is -2.06. The van der Waals surface area contributed by atoms with Crippen molar-refractivity contribution in [2.45, 2.75) is 0 Å². The summed E-state index contributed by atoms with van der Waals surface area (Å²) in [6, 6.07) is 11.4. The smallest absolute Gasteiger partial charge is 0.231 e. The average molecular weight is 293 g/mol. The molecule has 0 bridgehead atoms. The fraction of sp³-hybridized carbons (Fsp3) is 0.0833. The van der Waals surface area contributed by atoms with Crippen LogP contribution in [0.2, 0.25) is 0 Å². The molecule has 86 valence electrons. The molecule has 4 nitrogen and oxygen atoms in total. The van der Waals surface area contributed by atoms with E-state index in [-0.39, 0.29) is 6.79 Å². The van der Waals surface area contributed by atoms with Crippen molar-refractivity contribution in [3.8, 4) is 11.5 Å². The number of hydrogen-bond donors (Lipinski definition) is 1. The highest BCUT2D eigenvalue weighted by Gasteiger charge is 2.13. The summed E-state index contributed by atoms with van der Waals surface area (Å²) < 4.78 is 11.4. The van der Waals surface area contributed by atoms with Crippen molar-refractivity contribution in [3.05, 3.63) is 41.0 Å². The molecule has 1 aliphatic heterocycles. The zero-order valence-electron chi connectivity index (χ0n) is 8.81. The third-order valence-electron chi connectivity index (χ3n) is 2.36. The van der Waals surface area contributed by atoms with E-state index in [4.69, 9.17) is 9.47 Å². The normalized spacial score (nSPS) is 12.5. The number of benzene rings is 1. The molecule has 0 saturated heterocycles. The number of nitrogens with zero attached hydrogens (tertiary/aromatic N) is 1. The van der Waals surface area contributed by atoms with Crippen LogP contribution in [0.1, 0.15) is 0 Å². The van der Waals surface area contributed by atoms with E-state index >= 15 is 0 Å². The standard InChI is InChI=1S/C12H9BrN2O2/c13-11-2-1-3-12(15-11)14-8-4-5-9-10(6-8)17-7-16-9/h1-6H,7H2,(H,14,15). The predicted molar refractivity (Wildman–Crippen MR) is 67.8 cm³/mol. The van der Waals surface area contributed by atoms with E-state index in [1.54, 1.807) is 0 Å². The molecule has 1 aliphatic rings. The summed E-state index contributed by atoms with van der Waals surface area (Å²) >= 11 is 3.33. The Bertz CT molecular complexity index is 560. The molecule has 2 heterocycles. The van der Waals surface area contributed by atoms with Gasteiger partial charge in [-0.1, -0.05) is 6.07 Å². The van der Waals surface area contributed by atoms with Gasteiger partial charge in [-0.3, -0.25) is 0 Å². The lowest BCUT2D eigenvalue weighted by Crippen LogP contribution is -1.93. The number of aromatic nitrogens is 1. The van der Waals surface area contributed by atoms with Crippen molar-refractivity contribution in [3.63, 3.8) is 0 Å². The molecule has 1 N–H and O–H groups in total. The second kappa shape index (κ2) is 4.25. The zero-order chi connectivity index (χ0) is 11.7. The van der Waals surface area contributed by atoms with Crippen LogP contribution in [-0.4, -0.2) is 11.8 Å². The number of rotatable bonds is 2. The second-order valence-corrected chi connectivity index (χ2v) is 4.35. The van der Waals surface area contributed by atoms with Crippen molar-refractivity contribution < 1.29 is 9.47 Å². The maximum atomic E-state index is 5.31. The summed E-state index contributed by atoms with van der Waals surface area (Å²) in [6.45, 7) is 0.286. The van der Waals surface area contributed by atoms with Crippen molar-refractivity contribution in [1.82, 2.24) is 4.98 Å². The Kier molecular flexibility index (Phi) is 2.60. The van der Waals surface area contributed by atoms with Crippen LogP contribution in [0.15, 0.2) is 41.0 Å². The molecule has 0 fully saturated rings. The molecular weight excluding hydrogens is 284 g/mol. The maximum Gasteiger partial charge on any atom is 0.231 e. The first-order chi connectivity index (χ1) is 8.31. The van der Waals surface area contributed by atoms with Crippen LogP contribution >= 0.6 is 15.9 Å². The largest absolute Gasteiger partial charge is 0.454 e. The minimum absolute atomic E-state index is 0.286. The van der Waals surface area contributed by atoms with Crippen LogP contribution in [-0.2, 0) is 0 Å². The third kappa shape index (κ3) is 2.19. The SMILES string of the molecule is Brc1cccc(Nc2ccc3c(c2)OCO3)n1. The molecular formula is C12H9BrN2O2. The molecule has 0 amide bonds. The van der Waals surface area contributed by atoms with Crippen LogP contribution in [0.25, 0.3) is 0 Å². The van der Waals surface area contributed by atoms with Crippen molar-refractivity contribution in [2.75, 3.05) is 12.1 Å². The number of fused-ring (bicyclic) bond motifs is 1. The minimum Gasteiger partial charge on any atom is -0.454 e. The van der Waals surface area contributed by atoms with Crippen LogP contribution in [0.5, 0.6) is 11.5 Å². The fourth-order valence-electron chi connectivity index (χ4n) is 1.60. The molecule has 0 atom stereocenters. The molecule has 5 heteroatoms. The summed E-state index contributed by atoms with van der Waals surface area (Å²) in [5.74, 6) is 2.31. The average Bonchev–Trinajstić information content (AvgIpc) is 2.76. The minimum atomic E-state index is 0.286. The second-order valence-electron chi connectivity index (χ2n) is 3.54. The first kappa shape index (κ1) is 10.4. The number of ether oxygens (including phenoxy) is 2. The van der Waals surface area contributed by atoms with Gasteiger partial charge in [-0.25, -0.2) is 4.98 Å². The van der Waals surface area contributed by atoms with Gasteiger partial charge >= 0.3 is 0 Å². The van der Waals surface area contributed by atoms with Gasteiger partial charge in [0.15, 0.2) is 11.5 Å². The van der Waals surface area contributed by atoms with E-state index < -0.39 is 0 Å². The van der Waals surface area contributed by atoms with E-state index in [1.165, 1.54) is 0 Å².